The van der Waals surface area contributed by atoms with Crippen molar-refractivity contribution >= 4 is 11.8 Å². The second-order valence-electron chi connectivity index (χ2n) is 3.45. The van der Waals surface area contributed by atoms with Crippen LogP contribution in [0.25, 0.3) is 0 Å². The van der Waals surface area contributed by atoms with E-state index in [4.69, 9.17) is 15.2 Å². The molecule has 0 amide bonds. The minimum absolute atomic E-state index is 0.0622. The summed E-state index contributed by atoms with van der Waals surface area (Å²) < 4.78 is 9.67. The van der Waals surface area contributed by atoms with Gasteiger partial charge in [-0.3, -0.25) is 4.99 Å². The zero-order chi connectivity index (χ0) is 14.0. The first-order valence-corrected chi connectivity index (χ1v) is 6.11. The van der Waals surface area contributed by atoms with Crippen LogP contribution in [0.2, 0.25) is 0 Å². The molecule has 3 N–H and O–H groups in total. The van der Waals surface area contributed by atoms with E-state index in [1.165, 1.54) is 0 Å². The fraction of sp³-hybridized carbons (Fsp3) is 0.667. The van der Waals surface area contributed by atoms with Gasteiger partial charge in [-0.25, -0.2) is 4.79 Å². The summed E-state index contributed by atoms with van der Waals surface area (Å²) in [4.78, 5) is 15.7. The third kappa shape index (κ3) is 5.56. The summed E-state index contributed by atoms with van der Waals surface area (Å²) in [5.74, 6) is -1.34. The van der Waals surface area contributed by atoms with Gasteiger partial charge in [0.25, 0.3) is 5.95 Å². The van der Waals surface area contributed by atoms with E-state index in [0.29, 0.717) is 6.54 Å². The molecule has 0 saturated carbocycles. The van der Waals surface area contributed by atoms with Crippen LogP contribution in [0, 0.1) is 0 Å². The highest BCUT2D eigenvalue weighted by molar-refractivity contribution is 6.18. The Hall–Kier alpha value is -1.72. The third-order valence-corrected chi connectivity index (χ3v) is 2.02. The predicted octanol–water partition coefficient (Wildman–Crippen LogP) is 1.51. The summed E-state index contributed by atoms with van der Waals surface area (Å²) in [6.07, 6.45) is 1.82. The van der Waals surface area contributed by atoms with Crippen molar-refractivity contribution in [3.8, 4) is 0 Å². The highest BCUT2D eigenvalue weighted by Gasteiger charge is 2.22. The molecule has 0 aromatic carbocycles. The number of aliphatic hydroxyl groups excluding tert-OH is 1. The van der Waals surface area contributed by atoms with Crippen LogP contribution in [0.3, 0.4) is 0 Å². The number of esters is 1. The summed E-state index contributed by atoms with van der Waals surface area (Å²) >= 11 is 0. The minimum Gasteiger partial charge on any atom is -0.480 e. The second-order valence-corrected chi connectivity index (χ2v) is 3.45. The lowest BCUT2D eigenvalue weighted by Gasteiger charge is -2.09. The predicted molar refractivity (Wildman–Crippen MR) is 69.3 cm³/mol. The molecule has 0 aliphatic rings. The highest BCUT2D eigenvalue weighted by Crippen LogP contribution is 2.07. The normalized spacial score (nSPS) is 12.9. The van der Waals surface area contributed by atoms with Crippen LogP contribution in [0.1, 0.15) is 33.6 Å². The summed E-state index contributed by atoms with van der Waals surface area (Å²) in [7, 11) is 0. The molecule has 0 saturated heterocycles. The first-order chi connectivity index (χ1) is 8.58. The van der Waals surface area contributed by atoms with Gasteiger partial charge in [-0.05, 0) is 20.3 Å². The molecule has 0 atom stereocenters. The average molecular weight is 258 g/mol. The van der Waals surface area contributed by atoms with Crippen LogP contribution in [0.15, 0.2) is 16.5 Å². The lowest BCUT2D eigenvalue weighted by Crippen LogP contribution is -2.26. The van der Waals surface area contributed by atoms with E-state index in [0.717, 1.165) is 12.8 Å². The number of aliphatic imine (C=N–C) groups is 1. The number of nitrogens with two attached hydrogens (primary N) is 1. The summed E-state index contributed by atoms with van der Waals surface area (Å²) in [5, 5.41) is 9.63. The van der Waals surface area contributed by atoms with Crippen LogP contribution < -0.4 is 5.73 Å². The van der Waals surface area contributed by atoms with E-state index in [9.17, 15) is 9.90 Å². The number of hydrogen-bond acceptors (Lipinski definition) is 5. The maximum absolute atomic E-state index is 11.7. The van der Waals surface area contributed by atoms with E-state index in [1.807, 2.05) is 6.92 Å². The van der Waals surface area contributed by atoms with Gasteiger partial charge >= 0.3 is 5.97 Å². The van der Waals surface area contributed by atoms with Crippen LogP contribution in [0.5, 0.6) is 0 Å². The molecule has 104 valence electrons. The molecule has 0 radical (unpaired) electrons. The van der Waals surface area contributed by atoms with E-state index in [-0.39, 0.29) is 24.6 Å². The number of ether oxygens (including phenoxy) is 2. The Morgan fingerprint density at radius 3 is 2.33 bits per heavy atom. The standard InChI is InChI=1S/C12H22N2O4/c1-4-7-8-14-10(13)9(11(15)17-5-2)12(16)18-6-3/h15H,4-8H2,1-3H3,(H2,13,14)/b11-9-. The molecule has 6 heteroatoms. The molecule has 18 heavy (non-hydrogen) atoms. The average Bonchev–Trinajstić information content (AvgIpc) is 2.30. The molecule has 0 unspecified atom stereocenters. The Morgan fingerprint density at radius 2 is 1.83 bits per heavy atom. The maximum Gasteiger partial charge on any atom is 0.349 e. The molecule has 0 bridgehead atoms. The Bertz CT molecular complexity index is 324. The molecule has 0 aliphatic heterocycles. The first kappa shape index (κ1) is 16.3. The van der Waals surface area contributed by atoms with Crippen LogP contribution in [-0.4, -0.2) is 36.7 Å². The summed E-state index contributed by atoms with van der Waals surface area (Å²) in [6, 6.07) is 0. The number of carbonyl (C=O) groups is 1. The van der Waals surface area contributed by atoms with Gasteiger partial charge in [0.15, 0.2) is 5.57 Å². The quantitative estimate of drug-likeness (QED) is 0.172. The van der Waals surface area contributed by atoms with E-state index < -0.39 is 11.9 Å². The molecule has 6 nitrogen and oxygen atoms in total. The van der Waals surface area contributed by atoms with Gasteiger partial charge in [-0.15, -0.1) is 0 Å². The first-order valence-electron chi connectivity index (χ1n) is 6.11. The lowest BCUT2D eigenvalue weighted by atomic mass is 10.2. The topological polar surface area (TPSA) is 94.1 Å². The molecular weight excluding hydrogens is 236 g/mol. The van der Waals surface area contributed by atoms with Gasteiger partial charge in [0.1, 0.15) is 5.84 Å². The zero-order valence-corrected chi connectivity index (χ0v) is 11.2. The van der Waals surface area contributed by atoms with Crippen molar-refractivity contribution in [2.45, 2.75) is 33.6 Å². The fourth-order valence-corrected chi connectivity index (χ4v) is 1.15. The van der Waals surface area contributed by atoms with Gasteiger partial charge in [0.2, 0.25) is 0 Å². The molecule has 0 aliphatic carbocycles. The molecule has 0 aromatic rings. The van der Waals surface area contributed by atoms with Crippen molar-refractivity contribution in [2.75, 3.05) is 19.8 Å². The molecule has 0 fully saturated rings. The Morgan fingerprint density at radius 1 is 1.22 bits per heavy atom. The number of nitrogens with zero attached hydrogens (tertiary/aromatic N) is 1. The number of carbonyl (C=O) groups excluding carboxylic acids is 1. The number of unbranched alkanes of at least 4 members (excludes halogenated alkanes) is 1. The van der Waals surface area contributed by atoms with Gasteiger partial charge in [-0.1, -0.05) is 13.3 Å². The van der Waals surface area contributed by atoms with Crippen molar-refractivity contribution in [3.63, 3.8) is 0 Å². The molecular formula is C12H22N2O4. The van der Waals surface area contributed by atoms with E-state index in [2.05, 4.69) is 4.99 Å². The van der Waals surface area contributed by atoms with Crippen molar-refractivity contribution in [2.24, 2.45) is 10.7 Å². The van der Waals surface area contributed by atoms with E-state index in [1.54, 1.807) is 13.8 Å². The summed E-state index contributed by atoms with van der Waals surface area (Å²) in [6.45, 7) is 6.26. The van der Waals surface area contributed by atoms with E-state index >= 15 is 0 Å². The number of amidine groups is 1. The van der Waals surface area contributed by atoms with Crippen molar-refractivity contribution in [1.82, 2.24) is 0 Å². The van der Waals surface area contributed by atoms with Crippen LogP contribution in [-0.2, 0) is 14.3 Å². The third-order valence-electron chi connectivity index (χ3n) is 2.02. The molecule has 0 aromatic heterocycles. The number of aliphatic hydroxyl groups is 1. The molecule has 0 spiro atoms. The van der Waals surface area contributed by atoms with Gasteiger partial charge in [-0.2, -0.15) is 0 Å². The van der Waals surface area contributed by atoms with Gasteiger partial charge in [0.05, 0.1) is 13.2 Å². The van der Waals surface area contributed by atoms with Crippen molar-refractivity contribution in [3.05, 3.63) is 11.5 Å². The monoisotopic (exact) mass is 258 g/mol. The SMILES string of the molecule is CCCCN=C(N)/C(C(=O)OCC)=C(\O)OCC. The van der Waals surface area contributed by atoms with Crippen LogP contribution in [0.4, 0.5) is 0 Å². The van der Waals surface area contributed by atoms with Gasteiger partial charge in [0, 0.05) is 6.54 Å². The Labute approximate surface area is 107 Å². The molecule has 0 heterocycles. The smallest absolute Gasteiger partial charge is 0.349 e. The largest absolute Gasteiger partial charge is 0.480 e. The Balaban J connectivity index is 5.03. The fourth-order valence-electron chi connectivity index (χ4n) is 1.15. The van der Waals surface area contributed by atoms with Crippen molar-refractivity contribution in [1.29, 1.82) is 0 Å². The highest BCUT2D eigenvalue weighted by atomic mass is 16.6. The zero-order valence-electron chi connectivity index (χ0n) is 11.2. The number of rotatable bonds is 8. The van der Waals surface area contributed by atoms with Crippen molar-refractivity contribution < 1.29 is 19.4 Å². The second kappa shape index (κ2) is 9.32. The lowest BCUT2D eigenvalue weighted by molar-refractivity contribution is -0.138. The molecule has 0 rings (SSSR count). The minimum atomic E-state index is -0.735. The Kier molecular flexibility index (Phi) is 8.43. The summed E-state index contributed by atoms with van der Waals surface area (Å²) in [5.41, 5.74) is 5.46. The van der Waals surface area contributed by atoms with Gasteiger partial charge < -0.3 is 20.3 Å². The number of hydrogen-bond donors (Lipinski definition) is 2. The maximum atomic E-state index is 11.7. The van der Waals surface area contributed by atoms with Crippen LogP contribution >= 0.6 is 0 Å².